The normalized spacial score (nSPS) is 12.0. The molecule has 1 heterocycles. The Morgan fingerprint density at radius 3 is 2.34 bits per heavy atom. The Kier molecular flexibility index (Phi) is 12.6. The van der Waals surface area contributed by atoms with E-state index < -0.39 is 0 Å². The van der Waals surface area contributed by atoms with E-state index in [1.54, 1.807) is 0 Å². The number of benzene rings is 1. The average molecular weight is 439 g/mol. The minimum Gasteiger partial charge on any atom is -0.426 e. The summed E-state index contributed by atoms with van der Waals surface area (Å²) in [6.07, 6.45) is 17.0. The summed E-state index contributed by atoms with van der Waals surface area (Å²) in [7, 11) is 0. The number of nitrogens with zero attached hydrogens (tertiary/aromatic N) is 2. The highest BCUT2D eigenvalue weighted by Crippen LogP contribution is 2.28. The largest absolute Gasteiger partial charge is 0.426 e. The van der Waals surface area contributed by atoms with Crippen LogP contribution in [-0.2, 0) is 11.2 Å². The number of carbonyl (C=O) groups excluding carboxylic acids is 1. The molecule has 2 rings (SSSR count). The van der Waals surface area contributed by atoms with Crippen LogP contribution in [0, 0.1) is 5.92 Å². The van der Waals surface area contributed by atoms with E-state index in [-0.39, 0.29) is 5.97 Å². The van der Waals surface area contributed by atoms with Crippen molar-refractivity contribution in [3.8, 4) is 17.1 Å². The maximum atomic E-state index is 12.3. The summed E-state index contributed by atoms with van der Waals surface area (Å²) < 4.78 is 5.68. The predicted molar refractivity (Wildman–Crippen MR) is 133 cm³/mol. The third-order valence-electron chi connectivity index (χ3n) is 6.14. The van der Waals surface area contributed by atoms with Gasteiger partial charge < -0.3 is 4.74 Å². The molecule has 0 aliphatic rings. The first-order chi connectivity index (χ1) is 15.6. The molecule has 4 nitrogen and oxygen atoms in total. The van der Waals surface area contributed by atoms with Crippen LogP contribution in [0.4, 0.5) is 0 Å². The SMILES string of the molecule is CCCCCCCCCCCc1ccnc(-c2ccccc2OC(=O)CCC(C)CC)n1. The number of ether oxygens (including phenoxy) is 1. The van der Waals surface area contributed by atoms with E-state index in [2.05, 4.69) is 25.8 Å². The molecule has 0 saturated heterocycles. The van der Waals surface area contributed by atoms with Crippen LogP contribution in [0.25, 0.3) is 11.4 Å². The van der Waals surface area contributed by atoms with Crippen molar-refractivity contribution in [2.45, 2.75) is 104 Å². The highest BCUT2D eigenvalue weighted by molar-refractivity contribution is 5.76. The van der Waals surface area contributed by atoms with Crippen LogP contribution in [-0.4, -0.2) is 15.9 Å². The molecule has 0 fully saturated rings. The molecule has 0 spiro atoms. The van der Waals surface area contributed by atoms with Crippen LogP contribution >= 0.6 is 0 Å². The Morgan fingerprint density at radius 1 is 0.938 bits per heavy atom. The molecule has 0 saturated carbocycles. The first kappa shape index (κ1) is 26.0. The molecule has 0 aliphatic carbocycles. The standard InChI is InChI=1S/C28H42N2O2/c1-4-6-7-8-9-10-11-12-13-16-24-21-22-29-28(30-24)25-17-14-15-18-26(25)32-27(31)20-19-23(3)5-2/h14-15,17-18,21-23H,4-13,16,19-20H2,1-3H3. The van der Waals surface area contributed by atoms with Gasteiger partial charge >= 0.3 is 5.97 Å². The van der Waals surface area contributed by atoms with Crippen LogP contribution < -0.4 is 4.74 Å². The van der Waals surface area contributed by atoms with Gasteiger partial charge in [0.05, 0.1) is 5.56 Å². The van der Waals surface area contributed by atoms with E-state index in [9.17, 15) is 4.79 Å². The number of rotatable bonds is 16. The molecule has 1 atom stereocenters. The summed E-state index contributed by atoms with van der Waals surface area (Å²) in [6, 6.07) is 9.56. The molecule has 32 heavy (non-hydrogen) atoms. The number of hydrogen-bond donors (Lipinski definition) is 0. The Bertz CT molecular complexity index is 791. The van der Waals surface area contributed by atoms with E-state index in [1.165, 1.54) is 51.4 Å². The number of unbranched alkanes of at least 4 members (excludes halogenated alkanes) is 8. The molecule has 1 unspecified atom stereocenters. The minimum absolute atomic E-state index is 0.191. The van der Waals surface area contributed by atoms with Crippen molar-refractivity contribution >= 4 is 5.97 Å². The van der Waals surface area contributed by atoms with Gasteiger partial charge in [0.25, 0.3) is 0 Å². The van der Waals surface area contributed by atoms with Gasteiger partial charge in [0.2, 0.25) is 0 Å². The Hall–Kier alpha value is -2.23. The van der Waals surface area contributed by atoms with Gasteiger partial charge in [-0.2, -0.15) is 0 Å². The minimum atomic E-state index is -0.191. The Morgan fingerprint density at radius 2 is 1.62 bits per heavy atom. The van der Waals surface area contributed by atoms with Gasteiger partial charge in [0, 0.05) is 18.3 Å². The molecule has 0 amide bonds. The molecule has 2 aromatic rings. The van der Waals surface area contributed by atoms with Crippen molar-refractivity contribution < 1.29 is 9.53 Å². The lowest BCUT2D eigenvalue weighted by Gasteiger charge is -2.11. The molecule has 4 heteroatoms. The van der Waals surface area contributed by atoms with Gasteiger partial charge in [0.1, 0.15) is 5.75 Å². The zero-order valence-electron chi connectivity index (χ0n) is 20.4. The van der Waals surface area contributed by atoms with Gasteiger partial charge in [-0.25, -0.2) is 9.97 Å². The fraction of sp³-hybridized carbons (Fsp3) is 0.607. The summed E-state index contributed by atoms with van der Waals surface area (Å²) >= 11 is 0. The maximum Gasteiger partial charge on any atom is 0.311 e. The smallest absolute Gasteiger partial charge is 0.311 e. The van der Waals surface area contributed by atoms with E-state index in [0.29, 0.717) is 23.9 Å². The molecule has 0 radical (unpaired) electrons. The Balaban J connectivity index is 1.85. The summed E-state index contributed by atoms with van der Waals surface area (Å²) in [5, 5.41) is 0. The molecule has 176 valence electrons. The lowest BCUT2D eigenvalue weighted by molar-refractivity contribution is -0.134. The fourth-order valence-electron chi connectivity index (χ4n) is 3.76. The third-order valence-corrected chi connectivity index (χ3v) is 6.14. The zero-order valence-corrected chi connectivity index (χ0v) is 20.4. The number of esters is 1. The molecular weight excluding hydrogens is 396 g/mol. The fourth-order valence-corrected chi connectivity index (χ4v) is 3.76. The van der Waals surface area contributed by atoms with Crippen LogP contribution in [0.5, 0.6) is 5.75 Å². The molecule has 0 N–H and O–H groups in total. The highest BCUT2D eigenvalue weighted by Gasteiger charge is 2.14. The van der Waals surface area contributed by atoms with E-state index in [0.717, 1.165) is 36.9 Å². The second-order valence-electron chi connectivity index (χ2n) is 8.97. The molecule has 1 aromatic carbocycles. The van der Waals surface area contributed by atoms with Crippen molar-refractivity contribution in [1.82, 2.24) is 9.97 Å². The van der Waals surface area contributed by atoms with E-state index >= 15 is 0 Å². The lowest BCUT2D eigenvalue weighted by atomic mass is 10.0. The van der Waals surface area contributed by atoms with Crippen LogP contribution in [0.3, 0.4) is 0 Å². The van der Waals surface area contributed by atoms with Gasteiger partial charge in [0.15, 0.2) is 5.82 Å². The summed E-state index contributed by atoms with van der Waals surface area (Å²) in [4.78, 5) is 21.5. The van der Waals surface area contributed by atoms with Gasteiger partial charge in [-0.3, -0.25) is 4.79 Å². The molecule has 0 bridgehead atoms. The number of hydrogen-bond acceptors (Lipinski definition) is 4. The quantitative estimate of drug-likeness (QED) is 0.152. The maximum absolute atomic E-state index is 12.3. The van der Waals surface area contributed by atoms with E-state index in [4.69, 9.17) is 9.72 Å². The molecule has 1 aromatic heterocycles. The van der Waals surface area contributed by atoms with Gasteiger partial charge in [-0.1, -0.05) is 90.7 Å². The first-order valence-electron chi connectivity index (χ1n) is 12.8. The van der Waals surface area contributed by atoms with E-state index in [1.807, 2.05) is 36.5 Å². The van der Waals surface area contributed by atoms with Crippen LogP contribution in [0.15, 0.2) is 36.5 Å². The monoisotopic (exact) mass is 438 g/mol. The predicted octanol–water partition coefficient (Wildman–Crippen LogP) is 7.95. The van der Waals surface area contributed by atoms with Crippen LogP contribution in [0.2, 0.25) is 0 Å². The van der Waals surface area contributed by atoms with Crippen LogP contribution in [0.1, 0.15) is 104 Å². The summed E-state index contributed by atoms with van der Waals surface area (Å²) in [5.74, 6) is 1.51. The van der Waals surface area contributed by atoms with Crippen molar-refractivity contribution in [2.24, 2.45) is 5.92 Å². The highest BCUT2D eigenvalue weighted by atomic mass is 16.5. The van der Waals surface area contributed by atoms with Gasteiger partial charge in [-0.15, -0.1) is 0 Å². The number of aryl methyl sites for hydroxylation is 1. The Labute approximate surface area is 195 Å². The molecule has 0 aliphatic heterocycles. The second-order valence-corrected chi connectivity index (χ2v) is 8.97. The number of aromatic nitrogens is 2. The summed E-state index contributed by atoms with van der Waals surface area (Å²) in [5.41, 5.74) is 1.83. The van der Waals surface area contributed by atoms with Crippen molar-refractivity contribution in [3.63, 3.8) is 0 Å². The number of carbonyl (C=O) groups is 1. The van der Waals surface area contributed by atoms with Crippen molar-refractivity contribution in [1.29, 1.82) is 0 Å². The lowest BCUT2D eigenvalue weighted by Crippen LogP contribution is -2.10. The summed E-state index contributed by atoms with van der Waals surface area (Å²) in [6.45, 7) is 6.57. The third kappa shape index (κ3) is 9.93. The van der Waals surface area contributed by atoms with Crippen molar-refractivity contribution in [3.05, 3.63) is 42.2 Å². The zero-order chi connectivity index (χ0) is 23.0. The molecular formula is C28H42N2O2. The average Bonchev–Trinajstić information content (AvgIpc) is 2.82. The first-order valence-corrected chi connectivity index (χ1v) is 12.8. The topological polar surface area (TPSA) is 52.1 Å². The van der Waals surface area contributed by atoms with Gasteiger partial charge in [-0.05, 0) is 43.4 Å². The van der Waals surface area contributed by atoms with Crippen molar-refractivity contribution in [2.75, 3.05) is 0 Å². The second kappa shape index (κ2) is 15.6. The number of para-hydroxylation sites is 1.